The van der Waals surface area contributed by atoms with E-state index >= 15 is 0 Å². The molecule has 2 atom stereocenters. The Morgan fingerprint density at radius 3 is 2.37 bits per heavy atom. The van der Waals surface area contributed by atoms with Gasteiger partial charge in [0.25, 0.3) is 0 Å². The molecular weight excluding hydrogens is 304 g/mol. The number of halogens is 1. The zero-order chi connectivity index (χ0) is 14.7. The van der Waals surface area contributed by atoms with Crippen LogP contribution in [-0.2, 0) is 0 Å². The lowest BCUT2D eigenvalue weighted by Crippen LogP contribution is -2.31. The van der Waals surface area contributed by atoms with Gasteiger partial charge in [0.1, 0.15) is 0 Å². The van der Waals surface area contributed by atoms with Crippen molar-refractivity contribution in [2.24, 2.45) is 5.92 Å². The van der Waals surface area contributed by atoms with Crippen LogP contribution in [0.4, 0.5) is 0 Å². The minimum atomic E-state index is -0.654. The van der Waals surface area contributed by atoms with E-state index in [0.717, 1.165) is 32.1 Å². The normalized spacial score (nSPS) is 23.1. The van der Waals surface area contributed by atoms with Crippen LogP contribution in [0.5, 0.6) is 0 Å². The van der Waals surface area contributed by atoms with Crippen molar-refractivity contribution in [3.05, 3.63) is 11.6 Å². The van der Waals surface area contributed by atoms with E-state index < -0.39 is 11.2 Å². The second kappa shape index (κ2) is 6.73. The Hall–Kier alpha value is 0.140. The van der Waals surface area contributed by atoms with Crippen molar-refractivity contribution < 1.29 is 10.2 Å². The Labute approximate surface area is 126 Å². The van der Waals surface area contributed by atoms with Gasteiger partial charge in [-0.1, -0.05) is 27.6 Å². The maximum Gasteiger partial charge on any atom is 0.0716 e. The van der Waals surface area contributed by atoms with Crippen molar-refractivity contribution in [2.45, 2.75) is 82.2 Å². The average Bonchev–Trinajstić information content (AvgIpc) is 2.24. The predicted octanol–water partition coefficient (Wildman–Crippen LogP) is 4.19. The van der Waals surface area contributed by atoms with Gasteiger partial charge < -0.3 is 10.2 Å². The number of rotatable bonds is 6. The Morgan fingerprint density at radius 2 is 1.95 bits per heavy atom. The number of hydrogen-bond donors (Lipinski definition) is 2. The van der Waals surface area contributed by atoms with Gasteiger partial charge in [0.15, 0.2) is 0 Å². The van der Waals surface area contributed by atoms with Gasteiger partial charge in [0.05, 0.1) is 11.2 Å². The molecule has 0 aliphatic heterocycles. The largest absolute Gasteiger partial charge is 0.390 e. The molecule has 1 aliphatic rings. The van der Waals surface area contributed by atoms with Crippen LogP contribution < -0.4 is 0 Å². The molecule has 0 radical (unpaired) electrons. The van der Waals surface area contributed by atoms with Crippen LogP contribution >= 0.6 is 15.9 Å². The zero-order valence-corrected chi connectivity index (χ0v) is 14.3. The lowest BCUT2D eigenvalue weighted by molar-refractivity contribution is 0.0505. The van der Waals surface area contributed by atoms with E-state index in [0.29, 0.717) is 5.92 Å². The molecule has 3 heteroatoms. The number of allylic oxidation sites excluding steroid dienone is 2. The van der Waals surface area contributed by atoms with Crippen molar-refractivity contribution in [3.8, 4) is 0 Å². The third kappa shape index (κ3) is 6.92. The van der Waals surface area contributed by atoms with Gasteiger partial charge in [0.2, 0.25) is 0 Å². The second-order valence-corrected chi connectivity index (χ2v) is 8.28. The summed E-state index contributed by atoms with van der Waals surface area (Å²) in [7, 11) is 0. The first kappa shape index (κ1) is 17.2. The lowest BCUT2D eigenvalue weighted by Gasteiger charge is -2.29. The van der Waals surface area contributed by atoms with E-state index in [2.05, 4.69) is 22.0 Å². The van der Waals surface area contributed by atoms with Crippen LogP contribution in [0.2, 0.25) is 0 Å². The minimum absolute atomic E-state index is 0.148. The number of hydrogen-bond acceptors (Lipinski definition) is 2. The molecule has 0 fully saturated rings. The third-order valence-electron chi connectivity index (χ3n) is 3.89. The number of aliphatic hydroxyl groups is 2. The van der Waals surface area contributed by atoms with E-state index in [4.69, 9.17) is 0 Å². The van der Waals surface area contributed by atoms with Crippen LogP contribution in [0.3, 0.4) is 0 Å². The van der Waals surface area contributed by atoms with Crippen molar-refractivity contribution in [3.63, 3.8) is 0 Å². The van der Waals surface area contributed by atoms with Gasteiger partial charge in [0, 0.05) is 4.83 Å². The summed E-state index contributed by atoms with van der Waals surface area (Å²) < 4.78 is 0. The Morgan fingerprint density at radius 1 is 1.32 bits per heavy atom. The minimum Gasteiger partial charge on any atom is -0.390 e. The van der Waals surface area contributed by atoms with Crippen molar-refractivity contribution in [2.75, 3.05) is 0 Å². The maximum absolute atomic E-state index is 9.89. The standard InChI is InChI=1S/C16H29BrO2/c1-15(2,18)11-13-7-5-12(6-8-13)9-10-14(17)16(3,4)19/h5,13-14,18-19H,6-11H2,1-4H3/t13-,14?/m1/s1. The molecule has 1 unspecified atom stereocenters. The van der Waals surface area contributed by atoms with Gasteiger partial charge in [-0.05, 0) is 72.1 Å². The van der Waals surface area contributed by atoms with Gasteiger partial charge >= 0.3 is 0 Å². The monoisotopic (exact) mass is 332 g/mol. The highest BCUT2D eigenvalue weighted by atomic mass is 79.9. The Kier molecular flexibility index (Phi) is 6.09. The molecule has 0 amide bonds. The van der Waals surface area contributed by atoms with Crippen LogP contribution in [0.1, 0.15) is 66.2 Å². The second-order valence-electron chi connectivity index (χ2n) is 7.18. The first-order valence-electron chi connectivity index (χ1n) is 7.34. The highest BCUT2D eigenvalue weighted by Crippen LogP contribution is 2.33. The Balaban J connectivity index is 2.35. The molecule has 0 saturated carbocycles. The SMILES string of the molecule is CC(C)(O)C[C@@H]1CC=C(CCC(Br)C(C)(C)O)CC1. The summed E-state index contributed by atoms with van der Waals surface area (Å²) in [6.45, 7) is 7.48. The van der Waals surface area contributed by atoms with Gasteiger partial charge in [-0.15, -0.1) is 0 Å². The Bertz CT molecular complexity index is 310. The quantitative estimate of drug-likeness (QED) is 0.565. The van der Waals surface area contributed by atoms with Crippen molar-refractivity contribution >= 4 is 15.9 Å². The molecule has 0 bridgehead atoms. The summed E-state index contributed by atoms with van der Waals surface area (Å²) in [4.78, 5) is 0.148. The molecular formula is C16H29BrO2. The van der Waals surface area contributed by atoms with Crippen LogP contribution in [0.25, 0.3) is 0 Å². The fourth-order valence-corrected chi connectivity index (χ4v) is 2.96. The molecule has 19 heavy (non-hydrogen) atoms. The van der Waals surface area contributed by atoms with E-state index in [1.807, 2.05) is 27.7 Å². The number of alkyl halides is 1. The summed E-state index contributed by atoms with van der Waals surface area (Å²) in [6, 6.07) is 0. The van der Waals surface area contributed by atoms with Gasteiger partial charge in [-0.25, -0.2) is 0 Å². The van der Waals surface area contributed by atoms with E-state index in [1.54, 1.807) is 0 Å². The molecule has 2 nitrogen and oxygen atoms in total. The summed E-state index contributed by atoms with van der Waals surface area (Å²) >= 11 is 3.57. The zero-order valence-electron chi connectivity index (χ0n) is 12.7. The maximum atomic E-state index is 9.89. The lowest BCUT2D eigenvalue weighted by atomic mass is 9.81. The van der Waals surface area contributed by atoms with Crippen molar-refractivity contribution in [1.29, 1.82) is 0 Å². The fraction of sp³-hybridized carbons (Fsp3) is 0.875. The molecule has 1 aliphatic carbocycles. The predicted molar refractivity (Wildman–Crippen MR) is 84.6 cm³/mol. The van der Waals surface area contributed by atoms with Crippen LogP contribution in [0.15, 0.2) is 11.6 Å². The van der Waals surface area contributed by atoms with E-state index in [-0.39, 0.29) is 4.83 Å². The molecule has 0 aromatic carbocycles. The van der Waals surface area contributed by atoms with E-state index in [9.17, 15) is 10.2 Å². The van der Waals surface area contributed by atoms with Gasteiger partial charge in [-0.3, -0.25) is 0 Å². The summed E-state index contributed by atoms with van der Waals surface area (Å²) in [5.41, 5.74) is 0.317. The van der Waals surface area contributed by atoms with Gasteiger partial charge in [-0.2, -0.15) is 0 Å². The first-order chi connectivity index (χ1) is 8.58. The molecule has 0 heterocycles. The highest BCUT2D eigenvalue weighted by Gasteiger charge is 2.25. The average molecular weight is 333 g/mol. The summed E-state index contributed by atoms with van der Waals surface area (Å²) in [6.07, 6.45) is 8.71. The molecule has 0 spiro atoms. The topological polar surface area (TPSA) is 40.5 Å². The van der Waals surface area contributed by atoms with Crippen molar-refractivity contribution in [1.82, 2.24) is 0 Å². The molecule has 2 N–H and O–H groups in total. The third-order valence-corrected chi connectivity index (χ3v) is 5.47. The fourth-order valence-electron chi connectivity index (χ4n) is 2.73. The van der Waals surface area contributed by atoms with Crippen LogP contribution in [0, 0.1) is 5.92 Å². The molecule has 0 aromatic heterocycles. The molecule has 0 aromatic rings. The van der Waals surface area contributed by atoms with Crippen LogP contribution in [-0.4, -0.2) is 26.2 Å². The van der Waals surface area contributed by atoms with E-state index in [1.165, 1.54) is 12.0 Å². The molecule has 112 valence electrons. The summed E-state index contributed by atoms with van der Waals surface area (Å²) in [5.74, 6) is 0.623. The molecule has 1 rings (SSSR count). The molecule has 0 saturated heterocycles. The highest BCUT2D eigenvalue weighted by molar-refractivity contribution is 9.09. The smallest absolute Gasteiger partial charge is 0.0716 e. The summed E-state index contributed by atoms with van der Waals surface area (Å²) in [5, 5.41) is 19.7. The first-order valence-corrected chi connectivity index (χ1v) is 8.26.